The van der Waals surface area contributed by atoms with Crippen molar-refractivity contribution in [1.82, 2.24) is 10.0 Å². The third-order valence-corrected chi connectivity index (χ3v) is 6.44. The fourth-order valence-corrected chi connectivity index (χ4v) is 4.35. The van der Waals surface area contributed by atoms with Crippen molar-refractivity contribution >= 4 is 15.9 Å². The Morgan fingerprint density at radius 3 is 2.16 bits per heavy atom. The number of hydrogen-bond acceptors (Lipinski definition) is 3. The molecule has 0 spiro atoms. The van der Waals surface area contributed by atoms with Crippen molar-refractivity contribution in [2.24, 2.45) is 0 Å². The predicted octanol–water partition coefficient (Wildman–Crippen LogP) is 3.90. The van der Waals surface area contributed by atoms with Crippen molar-refractivity contribution in [2.45, 2.75) is 37.2 Å². The molecule has 0 heterocycles. The summed E-state index contributed by atoms with van der Waals surface area (Å²) in [6, 6.07) is 20.0. The summed E-state index contributed by atoms with van der Waals surface area (Å²) in [6.45, 7) is 3.63. The van der Waals surface area contributed by atoms with Gasteiger partial charge in [0.2, 0.25) is 15.9 Å². The highest BCUT2D eigenvalue weighted by Gasteiger charge is 2.27. The number of rotatable bonds is 8. The van der Waals surface area contributed by atoms with E-state index in [9.17, 15) is 17.6 Å². The van der Waals surface area contributed by atoms with E-state index in [1.54, 1.807) is 31.2 Å². The number of aryl methyl sites for hydroxylation is 1. The first-order valence-electron chi connectivity index (χ1n) is 9.93. The lowest BCUT2D eigenvalue weighted by Gasteiger charge is -2.22. The van der Waals surface area contributed by atoms with E-state index in [0.717, 1.165) is 16.7 Å². The molecule has 0 saturated heterocycles. The van der Waals surface area contributed by atoms with Crippen molar-refractivity contribution in [3.63, 3.8) is 0 Å². The molecule has 2 N–H and O–H groups in total. The van der Waals surface area contributed by atoms with Crippen LogP contribution in [0, 0.1) is 12.7 Å². The third kappa shape index (κ3) is 6.23. The van der Waals surface area contributed by atoms with Gasteiger partial charge in [0.05, 0.1) is 10.9 Å². The highest BCUT2D eigenvalue weighted by molar-refractivity contribution is 7.89. The van der Waals surface area contributed by atoms with Crippen molar-refractivity contribution in [2.75, 3.05) is 0 Å². The maximum Gasteiger partial charge on any atom is 0.241 e. The average Bonchev–Trinajstić information content (AvgIpc) is 2.74. The minimum absolute atomic E-state index is 0.0931. The normalized spacial score (nSPS) is 13.4. The molecule has 0 unspecified atom stereocenters. The van der Waals surface area contributed by atoms with Gasteiger partial charge in [-0.25, -0.2) is 12.8 Å². The summed E-state index contributed by atoms with van der Waals surface area (Å²) in [7, 11) is -3.91. The molecular formula is C24H25FN2O3S. The Labute approximate surface area is 182 Å². The SMILES string of the molecule is Cc1ccc(S(=O)(=O)N[C@@H](Cc2ccccc2)C(=O)N[C@@H](C)c2ccc(F)cc2)cc1. The molecule has 162 valence electrons. The van der Waals surface area contributed by atoms with Crippen LogP contribution in [0.25, 0.3) is 0 Å². The van der Waals surface area contributed by atoms with Gasteiger partial charge in [0, 0.05) is 0 Å². The first-order valence-corrected chi connectivity index (χ1v) is 11.4. The molecule has 0 radical (unpaired) electrons. The molecule has 3 aromatic rings. The molecule has 31 heavy (non-hydrogen) atoms. The molecule has 0 aromatic heterocycles. The molecule has 3 rings (SSSR count). The van der Waals surface area contributed by atoms with E-state index < -0.39 is 28.0 Å². The summed E-state index contributed by atoms with van der Waals surface area (Å²) in [5.74, 6) is -0.827. The lowest BCUT2D eigenvalue weighted by molar-refractivity contribution is -0.123. The van der Waals surface area contributed by atoms with E-state index >= 15 is 0 Å². The number of amides is 1. The predicted molar refractivity (Wildman–Crippen MR) is 118 cm³/mol. The van der Waals surface area contributed by atoms with E-state index in [4.69, 9.17) is 0 Å². The molecule has 0 saturated carbocycles. The van der Waals surface area contributed by atoms with Gasteiger partial charge in [-0.15, -0.1) is 0 Å². The van der Waals surface area contributed by atoms with E-state index in [2.05, 4.69) is 10.0 Å². The van der Waals surface area contributed by atoms with Crippen LogP contribution in [0.5, 0.6) is 0 Å². The van der Waals surface area contributed by atoms with E-state index in [1.165, 1.54) is 24.3 Å². The van der Waals surface area contributed by atoms with Crippen LogP contribution < -0.4 is 10.0 Å². The summed E-state index contributed by atoms with van der Waals surface area (Å²) in [6.07, 6.45) is 0.188. The van der Waals surface area contributed by atoms with Crippen LogP contribution in [-0.4, -0.2) is 20.4 Å². The maximum absolute atomic E-state index is 13.2. The van der Waals surface area contributed by atoms with Crippen molar-refractivity contribution < 1.29 is 17.6 Å². The summed E-state index contributed by atoms with van der Waals surface area (Å²) >= 11 is 0. The molecule has 0 aliphatic heterocycles. The average molecular weight is 441 g/mol. The minimum atomic E-state index is -3.91. The smallest absolute Gasteiger partial charge is 0.241 e. The minimum Gasteiger partial charge on any atom is -0.348 e. The van der Waals surface area contributed by atoms with Crippen molar-refractivity contribution in [1.29, 1.82) is 0 Å². The van der Waals surface area contributed by atoms with Gasteiger partial charge in [-0.2, -0.15) is 4.72 Å². The van der Waals surface area contributed by atoms with Gasteiger partial charge in [0.1, 0.15) is 11.9 Å². The van der Waals surface area contributed by atoms with Crippen LogP contribution in [0.2, 0.25) is 0 Å². The lowest BCUT2D eigenvalue weighted by atomic mass is 10.0. The van der Waals surface area contributed by atoms with E-state index in [0.29, 0.717) is 0 Å². The standard InChI is InChI=1S/C24H25FN2O3S/c1-17-8-14-22(15-9-17)31(29,30)27-23(16-19-6-4-3-5-7-19)24(28)26-18(2)20-10-12-21(25)13-11-20/h3-15,18,23,27H,16H2,1-2H3,(H,26,28)/t18-,23-/m0/s1. The highest BCUT2D eigenvalue weighted by atomic mass is 32.2. The second kappa shape index (κ2) is 9.85. The zero-order valence-electron chi connectivity index (χ0n) is 17.4. The van der Waals surface area contributed by atoms with Gasteiger partial charge in [-0.3, -0.25) is 4.79 Å². The van der Waals surface area contributed by atoms with Crippen LogP contribution in [0.15, 0.2) is 83.8 Å². The van der Waals surface area contributed by atoms with Gasteiger partial charge >= 0.3 is 0 Å². The third-order valence-electron chi connectivity index (χ3n) is 4.96. The van der Waals surface area contributed by atoms with Crippen LogP contribution in [-0.2, 0) is 21.2 Å². The Morgan fingerprint density at radius 1 is 0.935 bits per heavy atom. The first-order chi connectivity index (χ1) is 14.7. The monoisotopic (exact) mass is 440 g/mol. The number of sulfonamides is 1. The van der Waals surface area contributed by atoms with E-state index in [-0.39, 0.29) is 17.1 Å². The molecule has 5 nitrogen and oxygen atoms in total. The van der Waals surface area contributed by atoms with E-state index in [1.807, 2.05) is 37.3 Å². The van der Waals surface area contributed by atoms with Crippen molar-refractivity contribution in [3.05, 3.63) is 101 Å². The van der Waals surface area contributed by atoms with Crippen molar-refractivity contribution in [3.8, 4) is 0 Å². The number of halogens is 1. The number of hydrogen-bond donors (Lipinski definition) is 2. The van der Waals surface area contributed by atoms with Crippen LogP contribution in [0.1, 0.15) is 29.7 Å². The largest absolute Gasteiger partial charge is 0.348 e. The zero-order valence-corrected chi connectivity index (χ0v) is 18.2. The number of carbonyl (C=O) groups is 1. The van der Waals surface area contributed by atoms with Gasteiger partial charge in [-0.05, 0) is 55.7 Å². The number of carbonyl (C=O) groups excluding carboxylic acids is 1. The summed E-state index contributed by atoms with van der Waals surface area (Å²) < 4.78 is 41.6. The fraction of sp³-hybridized carbons (Fsp3) is 0.208. The highest BCUT2D eigenvalue weighted by Crippen LogP contribution is 2.16. The molecule has 7 heteroatoms. The zero-order chi connectivity index (χ0) is 22.4. The Kier molecular flexibility index (Phi) is 7.20. The lowest BCUT2D eigenvalue weighted by Crippen LogP contribution is -2.48. The molecule has 3 aromatic carbocycles. The second-order valence-corrected chi connectivity index (χ2v) is 9.17. The Balaban J connectivity index is 1.82. The molecular weight excluding hydrogens is 415 g/mol. The van der Waals surface area contributed by atoms with Crippen LogP contribution in [0.4, 0.5) is 4.39 Å². The van der Waals surface area contributed by atoms with Crippen LogP contribution >= 0.6 is 0 Å². The number of nitrogens with one attached hydrogen (secondary N) is 2. The Morgan fingerprint density at radius 2 is 1.55 bits per heavy atom. The first kappa shape index (κ1) is 22.7. The molecule has 1 amide bonds. The van der Waals surface area contributed by atoms with Gasteiger partial charge in [0.15, 0.2) is 0 Å². The fourth-order valence-electron chi connectivity index (χ4n) is 3.16. The molecule has 2 atom stereocenters. The van der Waals surface area contributed by atoms with Gasteiger partial charge in [0.25, 0.3) is 0 Å². The topological polar surface area (TPSA) is 75.3 Å². The summed E-state index contributed by atoms with van der Waals surface area (Å²) in [5.41, 5.74) is 2.48. The maximum atomic E-state index is 13.2. The van der Waals surface area contributed by atoms with Gasteiger partial charge in [-0.1, -0.05) is 60.2 Å². The second-order valence-electron chi connectivity index (χ2n) is 7.46. The van der Waals surface area contributed by atoms with Crippen LogP contribution in [0.3, 0.4) is 0 Å². The summed E-state index contributed by atoms with van der Waals surface area (Å²) in [4.78, 5) is 13.1. The molecule has 0 aliphatic rings. The Bertz CT molecular complexity index is 1120. The molecule has 0 bridgehead atoms. The molecule has 0 fully saturated rings. The molecule has 0 aliphatic carbocycles. The van der Waals surface area contributed by atoms with Gasteiger partial charge < -0.3 is 5.32 Å². The Hall–Kier alpha value is -3.03. The number of benzene rings is 3. The summed E-state index contributed by atoms with van der Waals surface area (Å²) in [5, 5.41) is 2.83. The quantitative estimate of drug-likeness (QED) is 0.558.